The van der Waals surface area contributed by atoms with Gasteiger partial charge in [0, 0.05) is 44.1 Å². The van der Waals surface area contributed by atoms with Gasteiger partial charge in [0.05, 0.1) is 11.0 Å². The number of halogens is 1. The van der Waals surface area contributed by atoms with E-state index >= 15 is 0 Å². The number of benzene rings is 9. The van der Waals surface area contributed by atoms with Crippen LogP contribution in [-0.2, 0) is 6.42 Å². The number of rotatable bonds is 7. The minimum Gasteiger partial charge on any atom is -0.310 e. The minimum absolute atomic E-state index is 0.689. The molecule has 1 aliphatic carbocycles. The molecule has 0 aliphatic heterocycles. The molecule has 0 saturated heterocycles. The zero-order valence-electron chi connectivity index (χ0n) is 33.7. The monoisotopic (exact) mass is 790 g/mol. The van der Waals surface area contributed by atoms with Gasteiger partial charge in [0.25, 0.3) is 0 Å². The van der Waals surface area contributed by atoms with E-state index in [1.807, 2.05) is 13.8 Å². The van der Waals surface area contributed by atoms with Crippen LogP contribution in [0.5, 0.6) is 0 Å². The molecule has 0 saturated carbocycles. The summed E-state index contributed by atoms with van der Waals surface area (Å²) in [5.41, 5.74) is 19.3. The fourth-order valence-corrected chi connectivity index (χ4v) is 9.25. The molecule has 0 amide bonds. The van der Waals surface area contributed by atoms with Crippen molar-refractivity contribution >= 4 is 50.5 Å². The molecule has 1 aromatic heterocycles. The number of aromatic nitrogens is 1. The maximum absolute atomic E-state index is 6.98. The summed E-state index contributed by atoms with van der Waals surface area (Å²) < 4.78 is 2.46. The van der Waals surface area contributed by atoms with Crippen molar-refractivity contribution in [3.05, 3.63) is 228 Å². The van der Waals surface area contributed by atoms with Crippen LogP contribution in [0.15, 0.2) is 212 Å². The fourth-order valence-electron chi connectivity index (χ4n) is 9.02. The Morgan fingerprint density at radius 1 is 0.433 bits per heavy atom. The smallest absolute Gasteiger partial charge is 0.0622 e. The van der Waals surface area contributed by atoms with Crippen molar-refractivity contribution in [2.45, 2.75) is 20.3 Å². The predicted molar refractivity (Wildman–Crippen MR) is 256 cm³/mol. The van der Waals surface area contributed by atoms with Gasteiger partial charge in [-0.05, 0) is 123 Å². The van der Waals surface area contributed by atoms with E-state index in [1.54, 1.807) is 0 Å². The summed E-state index contributed by atoms with van der Waals surface area (Å²) in [6.07, 6.45) is 0.897. The largest absolute Gasteiger partial charge is 0.310 e. The third-order valence-corrected chi connectivity index (χ3v) is 11.9. The van der Waals surface area contributed by atoms with Crippen molar-refractivity contribution < 1.29 is 0 Å². The van der Waals surface area contributed by atoms with Gasteiger partial charge >= 0.3 is 0 Å². The third-order valence-electron chi connectivity index (χ3n) is 11.7. The summed E-state index contributed by atoms with van der Waals surface area (Å²) in [5.74, 6) is 0. The molecule has 11 rings (SSSR count). The summed E-state index contributed by atoms with van der Waals surface area (Å²) in [4.78, 5) is 2.28. The van der Waals surface area contributed by atoms with E-state index in [1.165, 1.54) is 72.0 Å². The normalized spacial score (nSPS) is 11.5. The molecule has 9 aromatic carbocycles. The molecule has 0 fully saturated rings. The zero-order valence-corrected chi connectivity index (χ0v) is 34.4. The highest BCUT2D eigenvalue weighted by molar-refractivity contribution is 6.31. The summed E-state index contributed by atoms with van der Waals surface area (Å²) >= 11 is 6.98. The van der Waals surface area contributed by atoms with Gasteiger partial charge in [0.2, 0.25) is 0 Å². The topological polar surface area (TPSA) is 8.17 Å². The molecular formula is C57H43ClN2. The van der Waals surface area contributed by atoms with Gasteiger partial charge in [-0.25, -0.2) is 0 Å². The second-order valence-corrected chi connectivity index (χ2v) is 15.5. The first-order chi connectivity index (χ1) is 29.7. The van der Waals surface area contributed by atoms with Gasteiger partial charge in [-0.15, -0.1) is 0 Å². The molecule has 2 nitrogen and oxygen atoms in total. The number of hydrogen-bond donors (Lipinski definition) is 0. The van der Waals surface area contributed by atoms with E-state index in [-0.39, 0.29) is 0 Å². The van der Waals surface area contributed by atoms with Crippen molar-refractivity contribution in [1.29, 1.82) is 0 Å². The first-order valence-corrected chi connectivity index (χ1v) is 21.2. The molecule has 0 bridgehead atoms. The number of para-hydroxylation sites is 3. The molecule has 60 heavy (non-hydrogen) atoms. The summed E-state index contributed by atoms with van der Waals surface area (Å²) in [7, 11) is 0. The Balaban J connectivity index is 0.00000213. The highest BCUT2D eigenvalue weighted by atomic mass is 35.5. The summed E-state index contributed by atoms with van der Waals surface area (Å²) in [5, 5.41) is 3.22. The lowest BCUT2D eigenvalue weighted by atomic mass is 9.91. The van der Waals surface area contributed by atoms with Gasteiger partial charge in [0.15, 0.2) is 0 Å². The summed E-state index contributed by atoms with van der Waals surface area (Å²) in [6, 6.07) is 76.2. The first-order valence-electron chi connectivity index (χ1n) is 20.8. The molecule has 0 N–H and O–H groups in total. The van der Waals surface area contributed by atoms with E-state index in [4.69, 9.17) is 11.6 Å². The van der Waals surface area contributed by atoms with Crippen molar-refractivity contribution in [2.75, 3.05) is 4.90 Å². The van der Waals surface area contributed by atoms with E-state index < -0.39 is 0 Å². The lowest BCUT2D eigenvalue weighted by Gasteiger charge is -2.26. The maximum Gasteiger partial charge on any atom is 0.0622 e. The van der Waals surface area contributed by atoms with Crippen molar-refractivity contribution in [1.82, 2.24) is 4.57 Å². The molecule has 1 aliphatic rings. The Labute approximate surface area is 357 Å². The van der Waals surface area contributed by atoms with Gasteiger partial charge in [-0.3, -0.25) is 0 Å². The molecule has 0 atom stereocenters. The molecule has 0 unspecified atom stereocenters. The highest BCUT2D eigenvalue weighted by Gasteiger charge is 2.28. The fraction of sp³-hybridized carbons (Fsp3) is 0.0526. The van der Waals surface area contributed by atoms with Crippen LogP contribution >= 0.6 is 11.6 Å². The molecule has 0 radical (unpaired) electrons. The van der Waals surface area contributed by atoms with Crippen LogP contribution < -0.4 is 4.90 Å². The van der Waals surface area contributed by atoms with Crippen molar-refractivity contribution in [3.8, 4) is 50.2 Å². The number of fused-ring (bicyclic) bond motifs is 7. The van der Waals surface area contributed by atoms with Gasteiger partial charge < -0.3 is 9.47 Å². The maximum atomic E-state index is 6.98. The Hall–Kier alpha value is -7.13. The van der Waals surface area contributed by atoms with E-state index in [9.17, 15) is 0 Å². The molecule has 0 spiro atoms. The Bertz CT molecular complexity index is 3110. The summed E-state index contributed by atoms with van der Waals surface area (Å²) in [6.45, 7) is 4.00. The van der Waals surface area contributed by atoms with E-state index in [2.05, 4.69) is 222 Å². The Morgan fingerprint density at radius 3 is 1.75 bits per heavy atom. The SMILES string of the molecule is CC.Clc1cc(-c2ccc(-c3cc4c5ccccc5n(-c5ccccc5)c4c4c3Cc3ccccc3-4)cc2)cc(N(c2ccccc2)c2ccc(-c3ccccc3)cc2)c1. The van der Waals surface area contributed by atoms with Crippen LogP contribution in [0.4, 0.5) is 17.1 Å². The van der Waals surface area contributed by atoms with Crippen LogP contribution in [0, 0.1) is 0 Å². The molecule has 3 heteroatoms. The molecule has 288 valence electrons. The van der Waals surface area contributed by atoms with Crippen LogP contribution in [0.2, 0.25) is 5.02 Å². The van der Waals surface area contributed by atoms with Gasteiger partial charge in [0.1, 0.15) is 0 Å². The average Bonchev–Trinajstić information content (AvgIpc) is 3.87. The van der Waals surface area contributed by atoms with Crippen LogP contribution in [-0.4, -0.2) is 4.57 Å². The predicted octanol–water partition coefficient (Wildman–Crippen LogP) is 16.5. The second-order valence-electron chi connectivity index (χ2n) is 15.1. The lowest BCUT2D eigenvalue weighted by molar-refractivity contribution is 1.18. The average molecular weight is 791 g/mol. The number of anilines is 3. The number of nitrogens with zero attached hydrogens (tertiary/aromatic N) is 2. The number of hydrogen-bond acceptors (Lipinski definition) is 1. The molecule has 10 aromatic rings. The van der Waals surface area contributed by atoms with Crippen molar-refractivity contribution in [3.63, 3.8) is 0 Å². The van der Waals surface area contributed by atoms with E-state index in [0.29, 0.717) is 5.02 Å². The van der Waals surface area contributed by atoms with E-state index in [0.717, 1.165) is 34.6 Å². The second kappa shape index (κ2) is 15.9. The van der Waals surface area contributed by atoms with Gasteiger partial charge in [-0.1, -0.05) is 171 Å². The third kappa shape index (κ3) is 6.56. The quantitative estimate of drug-likeness (QED) is 0.156. The lowest BCUT2D eigenvalue weighted by Crippen LogP contribution is -2.10. The van der Waals surface area contributed by atoms with Gasteiger partial charge in [-0.2, -0.15) is 0 Å². The molecule has 1 heterocycles. The highest BCUT2D eigenvalue weighted by Crippen LogP contribution is 2.49. The van der Waals surface area contributed by atoms with Crippen molar-refractivity contribution in [2.24, 2.45) is 0 Å². The standard InChI is InChI=1S/C55H37ClN2.C2H6/c56-43-32-42(33-47(35-43)57(44-17-6-2-7-18-44)46-30-28-38(29-31-46)37-14-4-1-5-15-37)39-24-26-40(27-25-39)50-36-52-49-22-12-13-23-53(49)58(45-19-8-3-9-20-45)55(52)54-48-21-11-10-16-41(48)34-51(50)54;1-2/h1-33,35-36H,34H2;1-2H3. The molecular weight excluding hydrogens is 748 g/mol. The minimum atomic E-state index is 0.689. The zero-order chi connectivity index (χ0) is 40.6. The Kier molecular flexibility index (Phi) is 9.85. The Morgan fingerprint density at radius 2 is 1.00 bits per heavy atom. The van der Waals surface area contributed by atoms with Crippen LogP contribution in [0.1, 0.15) is 25.0 Å². The van der Waals surface area contributed by atoms with Crippen LogP contribution in [0.3, 0.4) is 0 Å². The van der Waals surface area contributed by atoms with Crippen LogP contribution in [0.25, 0.3) is 72.0 Å². The first kappa shape index (κ1) is 37.2.